The van der Waals surface area contributed by atoms with Gasteiger partial charge in [-0.3, -0.25) is 14.7 Å². The van der Waals surface area contributed by atoms with E-state index in [0.29, 0.717) is 11.5 Å². The van der Waals surface area contributed by atoms with E-state index in [2.05, 4.69) is 25.9 Å². The average Bonchev–Trinajstić information content (AvgIpc) is 3.29. The molecule has 1 aromatic carbocycles. The zero-order valence-electron chi connectivity index (χ0n) is 16.3. The molecule has 1 saturated carbocycles. The minimum absolute atomic E-state index is 0.0330. The molecule has 3 heterocycles. The van der Waals surface area contributed by atoms with E-state index in [4.69, 9.17) is 0 Å². The predicted octanol–water partition coefficient (Wildman–Crippen LogP) is 2.60. The molecule has 29 heavy (non-hydrogen) atoms. The Morgan fingerprint density at radius 3 is 2.83 bits per heavy atom. The number of piperidine rings is 1. The average molecular weight is 392 g/mol. The number of carbonyl (C=O) groups excluding carboxylic acids is 2. The number of hydrogen-bond acceptors (Lipinski definition) is 4. The van der Waals surface area contributed by atoms with Crippen LogP contribution in [0.25, 0.3) is 22.3 Å². The summed E-state index contributed by atoms with van der Waals surface area (Å²) in [6.07, 6.45) is 4.38. The summed E-state index contributed by atoms with van der Waals surface area (Å²) in [5.74, 6) is 0.265. The maximum atomic E-state index is 13.2. The van der Waals surface area contributed by atoms with Gasteiger partial charge < -0.3 is 10.6 Å². The lowest BCUT2D eigenvalue weighted by molar-refractivity contribution is -0.134. The number of hydrogen-bond donors (Lipinski definition) is 3. The Hall–Kier alpha value is -3.16. The Kier molecular flexibility index (Phi) is 4.34. The number of fused-ring (bicyclic) bond motifs is 2. The van der Waals surface area contributed by atoms with Gasteiger partial charge >= 0.3 is 0 Å². The molecule has 2 aromatic heterocycles. The summed E-state index contributed by atoms with van der Waals surface area (Å²) in [5, 5.41) is 18.8. The minimum atomic E-state index is -0.316. The van der Waals surface area contributed by atoms with Gasteiger partial charge in [-0.15, -0.1) is 0 Å². The second-order valence-electron chi connectivity index (χ2n) is 8.06. The normalized spacial score (nSPS) is 24.2. The van der Waals surface area contributed by atoms with Crippen LogP contribution >= 0.6 is 0 Å². The van der Waals surface area contributed by atoms with Crippen molar-refractivity contribution in [3.63, 3.8) is 0 Å². The van der Waals surface area contributed by atoms with Crippen molar-refractivity contribution < 1.29 is 9.59 Å². The van der Waals surface area contributed by atoms with E-state index in [9.17, 15) is 9.59 Å². The van der Waals surface area contributed by atoms with Gasteiger partial charge in [-0.1, -0.05) is 43.2 Å². The number of aromatic amines is 1. The molecule has 3 aromatic rings. The highest BCUT2D eigenvalue weighted by atomic mass is 16.2. The largest absolute Gasteiger partial charge is 0.353 e. The number of rotatable bonds is 3. The van der Waals surface area contributed by atoms with Crippen molar-refractivity contribution >= 4 is 28.7 Å². The summed E-state index contributed by atoms with van der Waals surface area (Å²) >= 11 is 0. The topological polar surface area (TPSA) is 105 Å². The van der Waals surface area contributed by atoms with Crippen LogP contribution in [0.4, 0.5) is 5.82 Å². The number of amides is 2. The lowest BCUT2D eigenvalue weighted by Crippen LogP contribution is -2.53. The van der Waals surface area contributed by atoms with Gasteiger partial charge in [0.05, 0.1) is 11.3 Å². The van der Waals surface area contributed by atoms with Crippen LogP contribution < -0.4 is 10.6 Å². The van der Waals surface area contributed by atoms with Crippen LogP contribution in [0, 0.1) is 11.8 Å². The summed E-state index contributed by atoms with van der Waals surface area (Å²) in [7, 11) is 1.83. The predicted molar refractivity (Wildman–Crippen MR) is 109 cm³/mol. The van der Waals surface area contributed by atoms with Crippen molar-refractivity contribution in [2.75, 3.05) is 5.32 Å². The van der Waals surface area contributed by atoms with Crippen LogP contribution in [0.2, 0.25) is 0 Å². The Balaban J connectivity index is 1.47. The maximum Gasteiger partial charge on any atom is 0.229 e. The molecular formula is C21H24N6O2. The monoisotopic (exact) mass is 392 g/mol. The molecule has 3 N–H and O–H groups in total. The van der Waals surface area contributed by atoms with Crippen molar-refractivity contribution in [2.45, 2.75) is 38.1 Å². The van der Waals surface area contributed by atoms with Gasteiger partial charge in [-0.05, 0) is 18.8 Å². The molecule has 2 aliphatic rings. The van der Waals surface area contributed by atoms with E-state index in [1.54, 1.807) is 4.68 Å². The van der Waals surface area contributed by atoms with Crippen LogP contribution in [0.3, 0.4) is 0 Å². The quantitative estimate of drug-likeness (QED) is 0.637. The number of aromatic nitrogens is 4. The lowest BCUT2D eigenvalue weighted by atomic mass is 9.72. The first-order valence-electron chi connectivity index (χ1n) is 10.2. The van der Waals surface area contributed by atoms with E-state index in [1.165, 1.54) is 0 Å². The van der Waals surface area contributed by atoms with Crippen molar-refractivity contribution in [1.82, 2.24) is 25.3 Å². The van der Waals surface area contributed by atoms with E-state index in [-0.39, 0.29) is 36.1 Å². The Labute approximate surface area is 168 Å². The second kappa shape index (κ2) is 7.02. The van der Waals surface area contributed by atoms with Gasteiger partial charge in [0, 0.05) is 25.1 Å². The fraction of sp³-hybridized carbons (Fsp3) is 0.429. The molecule has 1 aliphatic heterocycles. The summed E-state index contributed by atoms with van der Waals surface area (Å²) in [6, 6.07) is 9.95. The molecule has 2 fully saturated rings. The smallest absolute Gasteiger partial charge is 0.229 e. The van der Waals surface area contributed by atoms with Crippen molar-refractivity contribution in [2.24, 2.45) is 18.9 Å². The van der Waals surface area contributed by atoms with E-state index >= 15 is 0 Å². The molecule has 0 radical (unpaired) electrons. The number of H-pyrrole nitrogens is 1. The van der Waals surface area contributed by atoms with E-state index < -0.39 is 0 Å². The van der Waals surface area contributed by atoms with Gasteiger partial charge in [0.1, 0.15) is 11.5 Å². The number of nitrogens with one attached hydrogen (secondary N) is 3. The molecule has 3 unspecified atom stereocenters. The number of nitrogens with zero attached hydrogens (tertiary/aromatic N) is 3. The fourth-order valence-corrected chi connectivity index (χ4v) is 4.87. The first-order valence-corrected chi connectivity index (χ1v) is 10.2. The van der Waals surface area contributed by atoms with Crippen LogP contribution in [0.15, 0.2) is 30.3 Å². The molecule has 8 nitrogen and oxygen atoms in total. The first kappa shape index (κ1) is 17.9. The zero-order chi connectivity index (χ0) is 20.0. The molecule has 150 valence electrons. The minimum Gasteiger partial charge on any atom is -0.353 e. The van der Waals surface area contributed by atoms with E-state index in [1.807, 2.05) is 37.4 Å². The molecule has 3 atom stereocenters. The molecule has 1 saturated heterocycles. The highest BCUT2D eigenvalue weighted by Gasteiger charge is 2.41. The van der Waals surface area contributed by atoms with Crippen LogP contribution in [-0.2, 0) is 16.6 Å². The number of carbonyl (C=O) groups is 2. The summed E-state index contributed by atoms with van der Waals surface area (Å²) < 4.78 is 1.70. The molecule has 1 aliphatic carbocycles. The van der Waals surface area contributed by atoms with Crippen molar-refractivity contribution in [1.29, 1.82) is 0 Å². The molecule has 8 heteroatoms. The van der Waals surface area contributed by atoms with Crippen LogP contribution in [-0.4, -0.2) is 37.8 Å². The van der Waals surface area contributed by atoms with Crippen molar-refractivity contribution in [3.8, 4) is 11.3 Å². The van der Waals surface area contributed by atoms with Gasteiger partial charge in [0.15, 0.2) is 5.65 Å². The molecule has 0 bridgehead atoms. The SMILES string of the molecule is Cn1nc(-c2ccccc2)c2c(NC(=O)C3CC(=O)NC4CCCCC43)[nH]nc21. The third kappa shape index (κ3) is 3.08. The van der Waals surface area contributed by atoms with Crippen molar-refractivity contribution in [3.05, 3.63) is 30.3 Å². The van der Waals surface area contributed by atoms with Crippen LogP contribution in [0.5, 0.6) is 0 Å². The third-order valence-electron chi connectivity index (χ3n) is 6.26. The lowest BCUT2D eigenvalue weighted by Gasteiger charge is -2.40. The first-order chi connectivity index (χ1) is 14.1. The molecule has 2 amide bonds. The highest BCUT2D eigenvalue weighted by molar-refractivity contribution is 6.06. The molecule has 5 rings (SSSR count). The Bertz CT molecular complexity index is 1070. The van der Waals surface area contributed by atoms with Gasteiger partial charge in [0.25, 0.3) is 0 Å². The van der Waals surface area contributed by atoms with Gasteiger partial charge in [-0.25, -0.2) is 4.68 Å². The summed E-state index contributed by atoms with van der Waals surface area (Å²) in [4.78, 5) is 25.4. The molecule has 0 spiro atoms. The number of aryl methyl sites for hydroxylation is 1. The van der Waals surface area contributed by atoms with Gasteiger partial charge in [0.2, 0.25) is 11.8 Å². The second-order valence-corrected chi connectivity index (χ2v) is 8.06. The van der Waals surface area contributed by atoms with Gasteiger partial charge in [-0.2, -0.15) is 10.2 Å². The molecular weight excluding hydrogens is 368 g/mol. The maximum absolute atomic E-state index is 13.2. The zero-order valence-corrected chi connectivity index (χ0v) is 16.3. The standard InChI is InChI=1S/C21H24N6O2/c1-27-20-17(18(26-27)12-7-3-2-4-8-12)19(24-25-20)23-21(29)14-11-16(28)22-15-10-6-5-9-13(14)15/h2-4,7-8,13-15H,5-6,9-11H2,1H3,(H,22,28)(H2,23,24,25,29). The summed E-state index contributed by atoms with van der Waals surface area (Å²) in [6.45, 7) is 0. The summed E-state index contributed by atoms with van der Waals surface area (Å²) in [5.41, 5.74) is 2.40. The Morgan fingerprint density at radius 2 is 2.00 bits per heavy atom. The highest BCUT2D eigenvalue weighted by Crippen LogP contribution is 2.37. The number of benzene rings is 1. The number of anilines is 1. The third-order valence-corrected chi connectivity index (χ3v) is 6.26. The van der Waals surface area contributed by atoms with Crippen LogP contribution in [0.1, 0.15) is 32.1 Å². The fourth-order valence-electron chi connectivity index (χ4n) is 4.87. The van der Waals surface area contributed by atoms with E-state index in [0.717, 1.165) is 42.3 Å². The Morgan fingerprint density at radius 1 is 1.21 bits per heavy atom.